The number of alkyl halides is 3. The Kier molecular flexibility index (Phi) is 5.24. The van der Waals surface area contributed by atoms with Crippen LogP contribution in [-0.2, 0) is 12.6 Å². The number of halogens is 4. The van der Waals surface area contributed by atoms with Crippen LogP contribution in [0.1, 0.15) is 45.8 Å². The highest BCUT2D eigenvalue weighted by Crippen LogP contribution is 2.42. The number of anilines is 1. The maximum atomic E-state index is 13.6. The lowest BCUT2D eigenvalue weighted by molar-refractivity contribution is -0.137. The molecule has 1 atom stereocenters. The molecular weight excluding hydrogens is 467 g/mol. The van der Waals surface area contributed by atoms with Crippen molar-refractivity contribution in [2.75, 3.05) is 4.90 Å². The van der Waals surface area contributed by atoms with Gasteiger partial charge in [0.05, 0.1) is 22.6 Å². The number of carbonyl (C=O) groups is 1. The number of rotatable bonds is 3. The van der Waals surface area contributed by atoms with Gasteiger partial charge in [-0.1, -0.05) is 48.9 Å². The SMILES string of the molecule is CCc1ccc(C2c3c(oc4ccc(Cl)cc4c3=O)C(=O)N2c2cccc(C(F)(F)F)c2)cc1. The first kappa shape index (κ1) is 22.2. The fourth-order valence-corrected chi connectivity index (χ4v) is 4.47. The number of hydrogen-bond donors (Lipinski definition) is 0. The third-order valence-electron chi connectivity index (χ3n) is 5.99. The number of nitrogens with zero attached hydrogens (tertiary/aromatic N) is 1. The number of hydrogen-bond acceptors (Lipinski definition) is 3. The van der Waals surface area contributed by atoms with Gasteiger partial charge in [0.15, 0.2) is 5.43 Å². The zero-order valence-electron chi connectivity index (χ0n) is 17.8. The van der Waals surface area contributed by atoms with Crippen molar-refractivity contribution in [2.24, 2.45) is 0 Å². The van der Waals surface area contributed by atoms with Crippen molar-refractivity contribution in [2.45, 2.75) is 25.6 Å². The summed E-state index contributed by atoms with van der Waals surface area (Å²) in [5.74, 6) is -0.880. The van der Waals surface area contributed by atoms with Crippen LogP contribution in [0, 0.1) is 0 Å². The lowest BCUT2D eigenvalue weighted by atomic mass is 9.97. The zero-order chi connectivity index (χ0) is 24.2. The Hall–Kier alpha value is -3.58. The van der Waals surface area contributed by atoms with Crippen molar-refractivity contribution in [3.05, 3.63) is 110 Å². The second kappa shape index (κ2) is 8.02. The van der Waals surface area contributed by atoms with Crippen LogP contribution in [-0.4, -0.2) is 5.91 Å². The van der Waals surface area contributed by atoms with Gasteiger partial charge >= 0.3 is 6.18 Å². The van der Waals surface area contributed by atoms with Gasteiger partial charge in [-0.3, -0.25) is 14.5 Å². The molecule has 0 fully saturated rings. The molecule has 0 radical (unpaired) electrons. The second-order valence-corrected chi connectivity index (χ2v) is 8.47. The van der Waals surface area contributed by atoms with Crippen molar-refractivity contribution in [3.8, 4) is 0 Å². The fourth-order valence-electron chi connectivity index (χ4n) is 4.29. The average molecular weight is 484 g/mol. The first-order chi connectivity index (χ1) is 16.2. The first-order valence-corrected chi connectivity index (χ1v) is 10.9. The molecule has 3 aromatic carbocycles. The van der Waals surface area contributed by atoms with E-state index in [2.05, 4.69) is 0 Å². The smallest absolute Gasteiger partial charge is 0.416 e. The van der Waals surface area contributed by atoms with E-state index < -0.39 is 29.1 Å². The molecule has 172 valence electrons. The molecule has 0 aliphatic carbocycles. The van der Waals surface area contributed by atoms with Crippen LogP contribution < -0.4 is 10.3 Å². The van der Waals surface area contributed by atoms with Gasteiger partial charge in [0.1, 0.15) is 5.58 Å². The monoisotopic (exact) mass is 483 g/mol. The van der Waals surface area contributed by atoms with Crippen LogP contribution in [0.5, 0.6) is 0 Å². The summed E-state index contributed by atoms with van der Waals surface area (Å²) in [7, 11) is 0. The molecule has 2 heterocycles. The molecule has 5 rings (SSSR count). The van der Waals surface area contributed by atoms with E-state index in [0.717, 1.165) is 24.1 Å². The fraction of sp³-hybridized carbons (Fsp3) is 0.154. The Morgan fingerprint density at radius 1 is 1.00 bits per heavy atom. The first-order valence-electron chi connectivity index (χ1n) is 10.5. The van der Waals surface area contributed by atoms with Crippen LogP contribution in [0.3, 0.4) is 0 Å². The molecule has 0 N–H and O–H groups in total. The normalized spacial score (nSPS) is 15.7. The van der Waals surface area contributed by atoms with E-state index in [-0.39, 0.29) is 28.0 Å². The van der Waals surface area contributed by atoms with Crippen molar-refractivity contribution in [1.82, 2.24) is 0 Å². The van der Waals surface area contributed by atoms with Gasteiger partial charge in [-0.15, -0.1) is 0 Å². The minimum Gasteiger partial charge on any atom is -0.450 e. The molecular formula is C26H17ClF3NO3. The molecule has 4 aromatic rings. The lowest BCUT2D eigenvalue weighted by Crippen LogP contribution is -2.29. The number of aryl methyl sites for hydroxylation is 1. The van der Waals surface area contributed by atoms with E-state index in [1.54, 1.807) is 12.1 Å². The van der Waals surface area contributed by atoms with Crippen LogP contribution in [0.4, 0.5) is 18.9 Å². The van der Waals surface area contributed by atoms with Gasteiger partial charge in [0, 0.05) is 10.7 Å². The zero-order valence-corrected chi connectivity index (χ0v) is 18.6. The van der Waals surface area contributed by atoms with Crippen LogP contribution in [0.15, 0.2) is 75.9 Å². The molecule has 34 heavy (non-hydrogen) atoms. The van der Waals surface area contributed by atoms with E-state index in [9.17, 15) is 22.8 Å². The third kappa shape index (κ3) is 3.56. The van der Waals surface area contributed by atoms with Gasteiger partial charge in [-0.05, 0) is 53.9 Å². The molecule has 0 spiro atoms. The molecule has 1 aromatic heterocycles. The molecule has 8 heteroatoms. The van der Waals surface area contributed by atoms with E-state index >= 15 is 0 Å². The Morgan fingerprint density at radius 2 is 1.74 bits per heavy atom. The minimum atomic E-state index is -4.59. The molecule has 0 saturated heterocycles. The summed E-state index contributed by atoms with van der Waals surface area (Å²) < 4.78 is 46.1. The van der Waals surface area contributed by atoms with Gasteiger partial charge in [0.25, 0.3) is 5.91 Å². The second-order valence-electron chi connectivity index (χ2n) is 8.04. The van der Waals surface area contributed by atoms with Crippen molar-refractivity contribution in [3.63, 3.8) is 0 Å². The summed E-state index contributed by atoms with van der Waals surface area (Å²) in [5.41, 5.74) is 0.522. The van der Waals surface area contributed by atoms with Crippen molar-refractivity contribution < 1.29 is 22.4 Å². The molecule has 1 amide bonds. The minimum absolute atomic E-state index is 0.0114. The standard InChI is InChI=1S/C26H17ClF3NO3/c1-2-14-6-8-15(9-7-14)22-21-23(32)19-13-17(27)10-11-20(19)34-24(21)25(33)31(22)18-5-3-4-16(12-18)26(28,29)30/h3-13,22H,2H2,1H3. The van der Waals surface area contributed by atoms with Gasteiger partial charge < -0.3 is 4.42 Å². The highest BCUT2D eigenvalue weighted by Gasteiger charge is 2.44. The summed E-state index contributed by atoms with van der Waals surface area (Å²) in [6, 6.07) is 15.3. The number of carbonyl (C=O) groups excluding carboxylic acids is 1. The van der Waals surface area contributed by atoms with E-state index in [1.165, 1.54) is 35.2 Å². The quantitative estimate of drug-likeness (QED) is 0.323. The molecule has 0 bridgehead atoms. The van der Waals surface area contributed by atoms with Crippen molar-refractivity contribution >= 4 is 34.2 Å². The Bertz CT molecular complexity index is 1490. The number of amides is 1. The van der Waals surface area contributed by atoms with Crippen LogP contribution in [0.25, 0.3) is 11.0 Å². The van der Waals surface area contributed by atoms with Gasteiger partial charge in [-0.25, -0.2) is 0 Å². The topological polar surface area (TPSA) is 50.5 Å². The van der Waals surface area contributed by atoms with Crippen molar-refractivity contribution in [1.29, 1.82) is 0 Å². The van der Waals surface area contributed by atoms with E-state index in [0.29, 0.717) is 10.6 Å². The lowest BCUT2D eigenvalue weighted by Gasteiger charge is -2.26. The Labute approximate surface area is 197 Å². The third-order valence-corrected chi connectivity index (χ3v) is 6.22. The van der Waals surface area contributed by atoms with E-state index in [4.69, 9.17) is 16.0 Å². The van der Waals surface area contributed by atoms with Crippen LogP contribution in [0.2, 0.25) is 5.02 Å². The Morgan fingerprint density at radius 3 is 2.41 bits per heavy atom. The summed E-state index contributed by atoms with van der Waals surface area (Å²) in [4.78, 5) is 28.3. The predicted octanol–water partition coefficient (Wildman–Crippen LogP) is 6.78. The Balaban J connectivity index is 1.78. The molecule has 1 aliphatic rings. The van der Waals surface area contributed by atoms with Crippen LogP contribution >= 0.6 is 11.6 Å². The number of benzene rings is 3. The van der Waals surface area contributed by atoms with E-state index in [1.807, 2.05) is 19.1 Å². The highest BCUT2D eigenvalue weighted by atomic mass is 35.5. The van der Waals surface area contributed by atoms with Gasteiger partial charge in [0.2, 0.25) is 5.76 Å². The average Bonchev–Trinajstić information content (AvgIpc) is 3.11. The largest absolute Gasteiger partial charge is 0.450 e. The number of fused-ring (bicyclic) bond motifs is 2. The predicted molar refractivity (Wildman–Crippen MR) is 123 cm³/mol. The highest BCUT2D eigenvalue weighted by molar-refractivity contribution is 6.31. The summed E-state index contributed by atoms with van der Waals surface area (Å²) in [6.07, 6.45) is -3.81. The molecule has 1 unspecified atom stereocenters. The maximum Gasteiger partial charge on any atom is 0.416 e. The molecule has 1 aliphatic heterocycles. The van der Waals surface area contributed by atoms with Gasteiger partial charge in [-0.2, -0.15) is 13.2 Å². The summed E-state index contributed by atoms with van der Waals surface area (Å²) in [6.45, 7) is 1.99. The summed E-state index contributed by atoms with van der Waals surface area (Å²) in [5, 5.41) is 0.516. The molecule has 4 nitrogen and oxygen atoms in total. The maximum absolute atomic E-state index is 13.6. The molecule has 0 saturated carbocycles. The summed E-state index contributed by atoms with van der Waals surface area (Å²) >= 11 is 6.08.